The molecule has 0 aliphatic rings. The largest absolute Gasteiger partial charge is 0.457 e. The van der Waals surface area contributed by atoms with Gasteiger partial charge >= 0.3 is 0 Å². The molecule has 0 aliphatic heterocycles. The molecular formula is C26H29N3O3. The predicted octanol–water partition coefficient (Wildman–Crippen LogP) is 4.35. The van der Waals surface area contributed by atoms with E-state index in [1.54, 1.807) is 48.5 Å². The SMILES string of the molecule is CCN(CC)Cc1ccccc1CNC(=O)c1ccc(Oc2ccc(C(N)=O)cc2)cc1. The van der Waals surface area contributed by atoms with Gasteiger partial charge in [-0.2, -0.15) is 0 Å². The second-order valence-corrected chi connectivity index (χ2v) is 7.43. The first-order chi connectivity index (χ1) is 15.5. The van der Waals surface area contributed by atoms with E-state index in [1.165, 1.54) is 5.56 Å². The van der Waals surface area contributed by atoms with Gasteiger partial charge in [0.2, 0.25) is 5.91 Å². The minimum atomic E-state index is -0.484. The summed E-state index contributed by atoms with van der Waals surface area (Å²) >= 11 is 0. The van der Waals surface area contributed by atoms with Gasteiger partial charge in [0.1, 0.15) is 11.5 Å². The molecule has 0 bridgehead atoms. The fourth-order valence-corrected chi connectivity index (χ4v) is 3.35. The molecule has 0 fully saturated rings. The number of ether oxygens (including phenoxy) is 1. The van der Waals surface area contributed by atoms with E-state index in [0.29, 0.717) is 29.2 Å². The van der Waals surface area contributed by atoms with Crippen LogP contribution in [-0.2, 0) is 13.1 Å². The zero-order chi connectivity index (χ0) is 22.9. The summed E-state index contributed by atoms with van der Waals surface area (Å²) in [6.45, 7) is 7.61. The molecular weight excluding hydrogens is 402 g/mol. The maximum absolute atomic E-state index is 12.6. The lowest BCUT2D eigenvalue weighted by Crippen LogP contribution is -2.26. The van der Waals surface area contributed by atoms with Crippen LogP contribution in [-0.4, -0.2) is 29.8 Å². The van der Waals surface area contributed by atoms with Crippen molar-refractivity contribution in [2.24, 2.45) is 5.73 Å². The number of carbonyl (C=O) groups is 2. The van der Waals surface area contributed by atoms with Crippen LogP contribution in [0.2, 0.25) is 0 Å². The Bertz CT molecular complexity index is 1040. The molecule has 0 saturated heterocycles. The van der Waals surface area contributed by atoms with Crippen molar-refractivity contribution in [3.63, 3.8) is 0 Å². The average Bonchev–Trinajstić information content (AvgIpc) is 2.82. The third-order valence-corrected chi connectivity index (χ3v) is 5.34. The van der Waals surface area contributed by atoms with E-state index in [4.69, 9.17) is 10.5 Å². The third kappa shape index (κ3) is 6.18. The van der Waals surface area contributed by atoms with Gasteiger partial charge in [0, 0.05) is 24.2 Å². The van der Waals surface area contributed by atoms with Gasteiger partial charge in [-0.15, -0.1) is 0 Å². The summed E-state index contributed by atoms with van der Waals surface area (Å²) in [7, 11) is 0. The highest BCUT2D eigenvalue weighted by atomic mass is 16.5. The number of carbonyl (C=O) groups excluding carboxylic acids is 2. The molecule has 3 rings (SSSR count). The third-order valence-electron chi connectivity index (χ3n) is 5.34. The van der Waals surface area contributed by atoms with Crippen LogP contribution in [0.25, 0.3) is 0 Å². The average molecular weight is 432 g/mol. The normalized spacial score (nSPS) is 10.7. The number of nitrogens with one attached hydrogen (secondary N) is 1. The maximum atomic E-state index is 12.6. The molecule has 6 nitrogen and oxygen atoms in total. The molecule has 0 aliphatic carbocycles. The Morgan fingerprint density at radius 1 is 0.812 bits per heavy atom. The smallest absolute Gasteiger partial charge is 0.251 e. The Morgan fingerprint density at radius 3 is 1.88 bits per heavy atom. The molecule has 3 aromatic rings. The summed E-state index contributed by atoms with van der Waals surface area (Å²) in [6.07, 6.45) is 0. The molecule has 0 aromatic heterocycles. The van der Waals surface area contributed by atoms with Gasteiger partial charge in [0.25, 0.3) is 5.91 Å². The van der Waals surface area contributed by atoms with Gasteiger partial charge in [-0.05, 0) is 72.7 Å². The zero-order valence-electron chi connectivity index (χ0n) is 18.5. The van der Waals surface area contributed by atoms with Crippen molar-refractivity contribution in [1.82, 2.24) is 10.2 Å². The second kappa shape index (κ2) is 11.1. The van der Waals surface area contributed by atoms with E-state index in [2.05, 4.69) is 36.2 Å². The van der Waals surface area contributed by atoms with Crippen molar-refractivity contribution >= 4 is 11.8 Å². The summed E-state index contributed by atoms with van der Waals surface area (Å²) in [6, 6.07) is 21.7. The molecule has 0 atom stereocenters. The van der Waals surface area contributed by atoms with Gasteiger partial charge in [-0.3, -0.25) is 14.5 Å². The lowest BCUT2D eigenvalue weighted by molar-refractivity contribution is 0.0949. The van der Waals surface area contributed by atoms with E-state index in [9.17, 15) is 9.59 Å². The number of nitrogens with zero attached hydrogens (tertiary/aromatic N) is 1. The Labute approximate surface area is 189 Å². The first-order valence-electron chi connectivity index (χ1n) is 10.7. The number of hydrogen-bond acceptors (Lipinski definition) is 4. The van der Waals surface area contributed by atoms with Crippen LogP contribution < -0.4 is 15.8 Å². The van der Waals surface area contributed by atoms with Gasteiger partial charge in [0.05, 0.1) is 0 Å². The van der Waals surface area contributed by atoms with E-state index >= 15 is 0 Å². The molecule has 0 spiro atoms. The van der Waals surface area contributed by atoms with Crippen LogP contribution >= 0.6 is 0 Å². The molecule has 3 N–H and O–H groups in total. The Balaban J connectivity index is 1.59. The minimum Gasteiger partial charge on any atom is -0.457 e. The molecule has 0 saturated carbocycles. The lowest BCUT2D eigenvalue weighted by Gasteiger charge is -2.20. The number of primary amides is 1. The highest BCUT2D eigenvalue weighted by Crippen LogP contribution is 2.22. The van der Waals surface area contributed by atoms with E-state index in [0.717, 1.165) is 25.2 Å². The highest BCUT2D eigenvalue weighted by Gasteiger charge is 2.10. The molecule has 6 heteroatoms. The van der Waals surface area contributed by atoms with Crippen molar-refractivity contribution in [2.75, 3.05) is 13.1 Å². The van der Waals surface area contributed by atoms with Crippen molar-refractivity contribution in [3.8, 4) is 11.5 Å². The van der Waals surface area contributed by atoms with Crippen molar-refractivity contribution in [3.05, 3.63) is 95.1 Å². The van der Waals surface area contributed by atoms with E-state index < -0.39 is 5.91 Å². The first-order valence-corrected chi connectivity index (χ1v) is 10.7. The van der Waals surface area contributed by atoms with Crippen LogP contribution in [0.4, 0.5) is 0 Å². The van der Waals surface area contributed by atoms with Crippen LogP contribution in [0.3, 0.4) is 0 Å². The number of benzene rings is 3. The first kappa shape index (κ1) is 23.0. The van der Waals surface area contributed by atoms with Crippen LogP contribution in [0.5, 0.6) is 11.5 Å². The van der Waals surface area contributed by atoms with Crippen molar-refractivity contribution in [1.29, 1.82) is 0 Å². The summed E-state index contributed by atoms with van der Waals surface area (Å²) in [5.74, 6) is 0.553. The summed E-state index contributed by atoms with van der Waals surface area (Å²) in [5, 5.41) is 3.01. The number of nitrogens with two attached hydrogens (primary N) is 1. The fourth-order valence-electron chi connectivity index (χ4n) is 3.35. The molecule has 3 aromatic carbocycles. The van der Waals surface area contributed by atoms with Gasteiger partial charge in [0.15, 0.2) is 0 Å². The summed E-state index contributed by atoms with van der Waals surface area (Å²) in [5.41, 5.74) is 8.57. The maximum Gasteiger partial charge on any atom is 0.251 e. The van der Waals surface area contributed by atoms with Crippen LogP contribution in [0.1, 0.15) is 45.7 Å². The summed E-state index contributed by atoms with van der Waals surface area (Å²) in [4.78, 5) is 26.1. The molecule has 0 radical (unpaired) electrons. The zero-order valence-corrected chi connectivity index (χ0v) is 18.5. The number of rotatable bonds is 10. The topological polar surface area (TPSA) is 84.7 Å². The highest BCUT2D eigenvalue weighted by molar-refractivity contribution is 5.94. The molecule has 2 amide bonds. The Hall–Kier alpha value is -3.64. The lowest BCUT2D eigenvalue weighted by atomic mass is 10.1. The van der Waals surface area contributed by atoms with Crippen molar-refractivity contribution in [2.45, 2.75) is 26.9 Å². The second-order valence-electron chi connectivity index (χ2n) is 7.43. The monoisotopic (exact) mass is 431 g/mol. The number of amides is 2. The van der Waals surface area contributed by atoms with Gasteiger partial charge < -0.3 is 15.8 Å². The van der Waals surface area contributed by atoms with Crippen LogP contribution in [0, 0.1) is 0 Å². The predicted molar refractivity (Wildman–Crippen MR) is 126 cm³/mol. The van der Waals surface area contributed by atoms with Gasteiger partial charge in [-0.1, -0.05) is 38.1 Å². The molecule has 0 heterocycles. The molecule has 166 valence electrons. The van der Waals surface area contributed by atoms with Gasteiger partial charge in [-0.25, -0.2) is 0 Å². The Morgan fingerprint density at radius 2 is 1.34 bits per heavy atom. The quantitative estimate of drug-likeness (QED) is 0.500. The van der Waals surface area contributed by atoms with E-state index in [1.807, 2.05) is 12.1 Å². The standard InChI is InChI=1S/C26H29N3O3/c1-3-29(4-2)18-22-8-6-5-7-21(22)17-28-26(31)20-11-15-24(16-12-20)32-23-13-9-19(10-14-23)25(27)30/h5-16H,3-4,17-18H2,1-2H3,(H2,27,30)(H,28,31). The fraction of sp³-hybridized carbons (Fsp3) is 0.231. The molecule has 0 unspecified atom stereocenters. The minimum absolute atomic E-state index is 0.139. The molecule has 32 heavy (non-hydrogen) atoms. The van der Waals surface area contributed by atoms with Crippen molar-refractivity contribution < 1.29 is 14.3 Å². The number of hydrogen-bond donors (Lipinski definition) is 2. The van der Waals surface area contributed by atoms with E-state index in [-0.39, 0.29) is 5.91 Å². The van der Waals surface area contributed by atoms with Crippen LogP contribution in [0.15, 0.2) is 72.8 Å². The Kier molecular flexibility index (Phi) is 8.00. The summed E-state index contributed by atoms with van der Waals surface area (Å²) < 4.78 is 5.76.